The lowest BCUT2D eigenvalue weighted by Crippen LogP contribution is -2.43. The Bertz CT molecular complexity index is 404. The minimum Gasteiger partial charge on any atom is -0.492 e. The summed E-state index contributed by atoms with van der Waals surface area (Å²) in [7, 11) is 1.78. The minimum atomic E-state index is 0.420. The Hall–Kier alpha value is -1.71. The number of nitrogens with zero attached hydrogens (tertiary/aromatic N) is 1. The molecule has 4 heteroatoms. The van der Waals surface area contributed by atoms with E-state index in [-0.39, 0.29) is 0 Å². The summed E-state index contributed by atoms with van der Waals surface area (Å²) in [4.78, 5) is 4.17. The second-order valence-corrected chi connectivity index (χ2v) is 4.62. The maximum atomic E-state index is 5.67. The molecule has 0 heterocycles. The van der Waals surface area contributed by atoms with Gasteiger partial charge in [0.25, 0.3) is 0 Å². The van der Waals surface area contributed by atoms with Crippen molar-refractivity contribution in [1.29, 1.82) is 0 Å². The Kier molecular flexibility index (Phi) is 6.79. The van der Waals surface area contributed by atoms with Crippen molar-refractivity contribution in [2.75, 3.05) is 20.2 Å². The predicted octanol–water partition coefficient (Wildman–Crippen LogP) is 2.34. The Morgan fingerprint density at radius 1 is 1.42 bits per heavy atom. The molecule has 0 aliphatic heterocycles. The third-order valence-electron chi connectivity index (χ3n) is 2.87. The van der Waals surface area contributed by atoms with Crippen molar-refractivity contribution in [3.63, 3.8) is 0 Å². The van der Waals surface area contributed by atoms with E-state index < -0.39 is 0 Å². The standard InChI is InChI=1S/C15H25N3O/c1-5-13(3)18-15(16-4)17-9-10-19-14-8-6-7-12(2)11-14/h6-8,11,13H,5,9-10H2,1-4H3,(H2,16,17,18). The van der Waals surface area contributed by atoms with Crippen molar-refractivity contribution in [3.05, 3.63) is 29.8 Å². The minimum absolute atomic E-state index is 0.420. The van der Waals surface area contributed by atoms with Crippen LogP contribution in [0.5, 0.6) is 5.75 Å². The van der Waals surface area contributed by atoms with Crippen LogP contribution in [0, 0.1) is 6.92 Å². The normalized spacial score (nSPS) is 12.9. The fourth-order valence-corrected chi connectivity index (χ4v) is 1.57. The number of hydrogen-bond acceptors (Lipinski definition) is 2. The zero-order valence-corrected chi connectivity index (χ0v) is 12.4. The number of ether oxygens (including phenoxy) is 1. The molecule has 0 spiro atoms. The van der Waals surface area contributed by atoms with Crippen molar-refractivity contribution in [2.45, 2.75) is 33.2 Å². The molecule has 106 valence electrons. The maximum Gasteiger partial charge on any atom is 0.191 e. The van der Waals surface area contributed by atoms with Gasteiger partial charge in [0.05, 0.1) is 6.54 Å². The summed E-state index contributed by atoms with van der Waals surface area (Å²) < 4.78 is 5.67. The molecule has 1 unspecified atom stereocenters. The molecule has 1 aromatic rings. The number of rotatable bonds is 6. The summed E-state index contributed by atoms with van der Waals surface area (Å²) in [5.41, 5.74) is 1.21. The molecule has 0 aromatic heterocycles. The van der Waals surface area contributed by atoms with E-state index in [4.69, 9.17) is 4.74 Å². The SMILES string of the molecule is CCC(C)NC(=NC)NCCOc1cccc(C)c1. The van der Waals surface area contributed by atoms with Crippen molar-refractivity contribution >= 4 is 5.96 Å². The summed E-state index contributed by atoms with van der Waals surface area (Å²) in [5, 5.41) is 6.54. The van der Waals surface area contributed by atoms with Crippen LogP contribution in [0.3, 0.4) is 0 Å². The number of hydrogen-bond donors (Lipinski definition) is 2. The van der Waals surface area contributed by atoms with Gasteiger partial charge in [0.1, 0.15) is 12.4 Å². The molecule has 1 rings (SSSR count). The predicted molar refractivity (Wildman–Crippen MR) is 80.9 cm³/mol. The Morgan fingerprint density at radius 3 is 2.84 bits per heavy atom. The first kappa shape index (κ1) is 15.3. The molecule has 4 nitrogen and oxygen atoms in total. The Morgan fingerprint density at radius 2 is 2.21 bits per heavy atom. The number of aryl methyl sites for hydroxylation is 1. The molecule has 0 radical (unpaired) electrons. The molecule has 2 N–H and O–H groups in total. The quantitative estimate of drug-likeness (QED) is 0.470. The first-order chi connectivity index (χ1) is 9.15. The van der Waals surface area contributed by atoms with Crippen LogP contribution < -0.4 is 15.4 Å². The highest BCUT2D eigenvalue weighted by molar-refractivity contribution is 5.79. The molecular weight excluding hydrogens is 238 g/mol. The van der Waals surface area contributed by atoms with Crippen molar-refractivity contribution in [1.82, 2.24) is 10.6 Å². The fourth-order valence-electron chi connectivity index (χ4n) is 1.57. The number of nitrogens with one attached hydrogen (secondary N) is 2. The maximum absolute atomic E-state index is 5.67. The Balaban J connectivity index is 2.26. The molecular formula is C15H25N3O. The second-order valence-electron chi connectivity index (χ2n) is 4.62. The third-order valence-corrected chi connectivity index (χ3v) is 2.87. The van der Waals surface area contributed by atoms with Crippen LogP contribution in [0.1, 0.15) is 25.8 Å². The van der Waals surface area contributed by atoms with Crippen LogP contribution >= 0.6 is 0 Å². The largest absolute Gasteiger partial charge is 0.492 e. The van der Waals surface area contributed by atoms with Gasteiger partial charge in [-0.2, -0.15) is 0 Å². The molecule has 0 aliphatic carbocycles. The van der Waals surface area contributed by atoms with E-state index in [0.717, 1.165) is 24.7 Å². The highest BCUT2D eigenvalue weighted by Crippen LogP contribution is 2.11. The van der Waals surface area contributed by atoms with Crippen molar-refractivity contribution in [3.8, 4) is 5.75 Å². The van der Waals surface area contributed by atoms with E-state index in [1.54, 1.807) is 7.05 Å². The molecule has 0 aliphatic rings. The average molecular weight is 263 g/mol. The molecule has 0 saturated carbocycles. The molecule has 0 fully saturated rings. The first-order valence-corrected chi connectivity index (χ1v) is 6.82. The molecule has 0 saturated heterocycles. The summed E-state index contributed by atoms with van der Waals surface area (Å²) in [5.74, 6) is 1.73. The summed E-state index contributed by atoms with van der Waals surface area (Å²) in [6.07, 6.45) is 1.07. The number of benzene rings is 1. The molecule has 0 bridgehead atoms. The van der Waals surface area contributed by atoms with Crippen molar-refractivity contribution < 1.29 is 4.74 Å². The molecule has 1 aromatic carbocycles. The van der Waals surface area contributed by atoms with Gasteiger partial charge in [0.15, 0.2) is 5.96 Å². The van der Waals surface area contributed by atoms with Gasteiger partial charge >= 0.3 is 0 Å². The molecule has 0 amide bonds. The van der Waals surface area contributed by atoms with Gasteiger partial charge in [-0.15, -0.1) is 0 Å². The lowest BCUT2D eigenvalue weighted by molar-refractivity contribution is 0.321. The van der Waals surface area contributed by atoms with Gasteiger partial charge in [-0.3, -0.25) is 4.99 Å². The molecule has 19 heavy (non-hydrogen) atoms. The number of aliphatic imine (C=N–C) groups is 1. The smallest absolute Gasteiger partial charge is 0.191 e. The van der Waals surface area contributed by atoms with Gasteiger partial charge in [-0.1, -0.05) is 19.1 Å². The van der Waals surface area contributed by atoms with Crippen LogP contribution in [-0.2, 0) is 0 Å². The van der Waals surface area contributed by atoms with Crippen molar-refractivity contribution in [2.24, 2.45) is 4.99 Å². The second kappa shape index (κ2) is 8.40. The van der Waals surface area contributed by atoms with Crippen LogP contribution in [0.25, 0.3) is 0 Å². The molecule has 1 atom stereocenters. The summed E-state index contributed by atoms with van der Waals surface area (Å²) >= 11 is 0. The van der Waals surface area contributed by atoms with Gasteiger partial charge in [-0.25, -0.2) is 0 Å². The first-order valence-electron chi connectivity index (χ1n) is 6.82. The zero-order valence-electron chi connectivity index (χ0n) is 12.4. The van der Waals surface area contributed by atoms with E-state index >= 15 is 0 Å². The lowest BCUT2D eigenvalue weighted by Gasteiger charge is -2.16. The fraction of sp³-hybridized carbons (Fsp3) is 0.533. The van der Waals surface area contributed by atoms with Gasteiger partial charge in [-0.05, 0) is 38.0 Å². The average Bonchev–Trinajstić information content (AvgIpc) is 2.42. The Labute approximate surface area is 116 Å². The van der Waals surface area contributed by atoms with Gasteiger partial charge in [0.2, 0.25) is 0 Å². The van der Waals surface area contributed by atoms with Gasteiger partial charge in [0, 0.05) is 13.1 Å². The highest BCUT2D eigenvalue weighted by atomic mass is 16.5. The topological polar surface area (TPSA) is 45.7 Å². The van der Waals surface area contributed by atoms with Gasteiger partial charge < -0.3 is 15.4 Å². The van der Waals surface area contributed by atoms with E-state index in [2.05, 4.69) is 42.5 Å². The van der Waals surface area contributed by atoms with E-state index in [1.807, 2.05) is 18.2 Å². The number of guanidine groups is 1. The third kappa shape index (κ3) is 6.13. The highest BCUT2D eigenvalue weighted by Gasteiger charge is 2.02. The summed E-state index contributed by atoms with van der Waals surface area (Å²) in [6.45, 7) is 7.68. The van der Waals surface area contributed by atoms with Crippen LogP contribution in [0.15, 0.2) is 29.3 Å². The zero-order chi connectivity index (χ0) is 14.1. The van der Waals surface area contributed by atoms with E-state index in [9.17, 15) is 0 Å². The van der Waals surface area contributed by atoms with E-state index in [1.165, 1.54) is 5.56 Å². The monoisotopic (exact) mass is 263 g/mol. The van der Waals surface area contributed by atoms with E-state index in [0.29, 0.717) is 12.6 Å². The summed E-state index contributed by atoms with van der Waals surface area (Å²) in [6, 6.07) is 8.49. The lowest BCUT2D eigenvalue weighted by atomic mass is 10.2. The van der Waals surface area contributed by atoms with Crippen LogP contribution in [-0.4, -0.2) is 32.2 Å². The van der Waals surface area contributed by atoms with Crippen LogP contribution in [0.4, 0.5) is 0 Å². The van der Waals surface area contributed by atoms with Crippen LogP contribution in [0.2, 0.25) is 0 Å².